The fraction of sp³-hybridized carbons (Fsp3) is 0.588. The second-order valence-corrected chi connectivity index (χ2v) is 6.98. The minimum Gasteiger partial charge on any atom is -0.371 e. The summed E-state index contributed by atoms with van der Waals surface area (Å²) >= 11 is 6.10. The second kappa shape index (κ2) is 7.34. The highest BCUT2D eigenvalue weighted by Gasteiger charge is 2.25. The molecule has 4 nitrogen and oxygen atoms in total. The van der Waals surface area contributed by atoms with Crippen molar-refractivity contribution in [2.24, 2.45) is 17.6 Å². The van der Waals surface area contributed by atoms with E-state index in [4.69, 9.17) is 17.3 Å². The molecule has 122 valence electrons. The molecule has 1 aromatic rings. The number of carbonyl (C=O) groups excluding carboxylic acids is 1. The third-order valence-corrected chi connectivity index (χ3v) is 4.62. The van der Waals surface area contributed by atoms with Crippen molar-refractivity contribution in [3.8, 4) is 0 Å². The molecule has 1 aliphatic heterocycles. The quantitative estimate of drug-likeness (QED) is 0.875. The van der Waals surface area contributed by atoms with Crippen molar-refractivity contribution in [3.63, 3.8) is 0 Å². The Labute approximate surface area is 138 Å². The summed E-state index contributed by atoms with van der Waals surface area (Å²) in [5.41, 5.74) is 8.29. The molecule has 0 aromatic heterocycles. The van der Waals surface area contributed by atoms with Crippen molar-refractivity contribution < 1.29 is 4.79 Å². The minimum atomic E-state index is -0.423. The highest BCUT2D eigenvalue weighted by atomic mass is 35.5. The zero-order valence-corrected chi connectivity index (χ0v) is 14.4. The van der Waals surface area contributed by atoms with E-state index in [1.165, 1.54) is 11.3 Å². The van der Waals surface area contributed by atoms with Gasteiger partial charge in [-0.15, -0.1) is 0 Å². The van der Waals surface area contributed by atoms with Gasteiger partial charge in [0.1, 0.15) is 0 Å². The Morgan fingerprint density at radius 1 is 1.50 bits per heavy atom. The van der Waals surface area contributed by atoms with Gasteiger partial charge in [0, 0.05) is 30.3 Å². The summed E-state index contributed by atoms with van der Waals surface area (Å²) in [6.07, 6.45) is 1.07. The van der Waals surface area contributed by atoms with Crippen molar-refractivity contribution in [1.82, 2.24) is 5.32 Å². The van der Waals surface area contributed by atoms with Crippen LogP contribution in [0.2, 0.25) is 5.02 Å². The number of amides is 1. The number of nitrogens with two attached hydrogens (primary N) is 1. The lowest BCUT2D eigenvalue weighted by atomic mass is 10.0. The average molecular weight is 324 g/mol. The number of nitrogens with one attached hydrogen (secondary N) is 1. The standard InChI is InChI=1S/C17H26ClN3O/c1-11(2)16(19)17(22)20-9-13-6-7-21(10-13)15-8-14(18)5-4-12(15)3/h4-5,8,11,13,16H,6-7,9-10,19H2,1-3H3,(H,20,22)/t13?,16-/m0/s1. The van der Waals surface area contributed by atoms with Crippen LogP contribution in [0, 0.1) is 18.8 Å². The normalized spacial score (nSPS) is 19.5. The van der Waals surface area contributed by atoms with Gasteiger partial charge in [-0.3, -0.25) is 4.79 Å². The maximum Gasteiger partial charge on any atom is 0.237 e. The first-order valence-corrected chi connectivity index (χ1v) is 8.30. The summed E-state index contributed by atoms with van der Waals surface area (Å²) in [6, 6.07) is 5.57. The number of hydrogen-bond donors (Lipinski definition) is 2. The van der Waals surface area contributed by atoms with Gasteiger partial charge in [-0.2, -0.15) is 0 Å². The Morgan fingerprint density at radius 3 is 2.91 bits per heavy atom. The molecular formula is C17H26ClN3O. The van der Waals surface area contributed by atoms with Gasteiger partial charge in [-0.05, 0) is 42.9 Å². The highest BCUT2D eigenvalue weighted by Crippen LogP contribution is 2.29. The fourth-order valence-corrected chi connectivity index (χ4v) is 2.97. The predicted octanol–water partition coefficient (Wildman–Crippen LogP) is 2.57. The van der Waals surface area contributed by atoms with E-state index >= 15 is 0 Å². The first-order chi connectivity index (χ1) is 10.4. The lowest BCUT2D eigenvalue weighted by Gasteiger charge is -2.22. The molecule has 1 saturated heterocycles. The van der Waals surface area contributed by atoms with E-state index < -0.39 is 6.04 Å². The summed E-state index contributed by atoms with van der Waals surface area (Å²) < 4.78 is 0. The van der Waals surface area contributed by atoms with E-state index in [0.717, 1.165) is 24.5 Å². The van der Waals surface area contributed by atoms with Crippen LogP contribution in [0.4, 0.5) is 5.69 Å². The number of hydrogen-bond acceptors (Lipinski definition) is 3. The maximum absolute atomic E-state index is 11.9. The molecule has 3 N–H and O–H groups in total. The number of anilines is 1. The van der Waals surface area contributed by atoms with Gasteiger partial charge in [0.15, 0.2) is 0 Å². The number of carbonyl (C=O) groups is 1. The van der Waals surface area contributed by atoms with E-state index in [9.17, 15) is 4.79 Å². The van der Waals surface area contributed by atoms with E-state index in [1.54, 1.807) is 0 Å². The van der Waals surface area contributed by atoms with Crippen molar-refractivity contribution in [1.29, 1.82) is 0 Å². The van der Waals surface area contributed by atoms with Gasteiger partial charge in [-0.1, -0.05) is 31.5 Å². The molecule has 1 amide bonds. The second-order valence-electron chi connectivity index (χ2n) is 6.55. The van der Waals surface area contributed by atoms with Crippen LogP contribution in [0.25, 0.3) is 0 Å². The molecule has 1 unspecified atom stereocenters. The van der Waals surface area contributed by atoms with Crippen LogP contribution in [0.5, 0.6) is 0 Å². The number of nitrogens with zero attached hydrogens (tertiary/aromatic N) is 1. The molecule has 1 fully saturated rings. The predicted molar refractivity (Wildman–Crippen MR) is 92.3 cm³/mol. The SMILES string of the molecule is Cc1ccc(Cl)cc1N1CCC(CNC(=O)[C@@H](N)C(C)C)C1. The van der Waals surface area contributed by atoms with Gasteiger partial charge >= 0.3 is 0 Å². The Balaban J connectivity index is 1.88. The number of halogens is 1. The van der Waals surface area contributed by atoms with Crippen molar-refractivity contribution in [2.75, 3.05) is 24.5 Å². The Morgan fingerprint density at radius 2 is 2.23 bits per heavy atom. The average Bonchev–Trinajstić information content (AvgIpc) is 2.95. The molecule has 0 radical (unpaired) electrons. The molecular weight excluding hydrogens is 298 g/mol. The first-order valence-electron chi connectivity index (χ1n) is 7.93. The lowest BCUT2D eigenvalue weighted by molar-refractivity contribution is -0.123. The van der Waals surface area contributed by atoms with E-state index in [0.29, 0.717) is 12.5 Å². The van der Waals surface area contributed by atoms with Gasteiger partial charge in [-0.25, -0.2) is 0 Å². The van der Waals surface area contributed by atoms with Crippen molar-refractivity contribution in [3.05, 3.63) is 28.8 Å². The monoisotopic (exact) mass is 323 g/mol. The topological polar surface area (TPSA) is 58.4 Å². The smallest absolute Gasteiger partial charge is 0.237 e. The highest BCUT2D eigenvalue weighted by molar-refractivity contribution is 6.30. The van der Waals surface area contributed by atoms with Crippen LogP contribution in [0.1, 0.15) is 25.8 Å². The summed E-state index contributed by atoms with van der Waals surface area (Å²) in [5.74, 6) is 0.572. The van der Waals surface area contributed by atoms with Crippen LogP contribution in [-0.2, 0) is 4.79 Å². The summed E-state index contributed by atoms with van der Waals surface area (Å²) in [5, 5.41) is 3.75. The molecule has 0 spiro atoms. The van der Waals surface area contributed by atoms with Crippen molar-refractivity contribution >= 4 is 23.2 Å². The third-order valence-electron chi connectivity index (χ3n) is 4.38. The number of rotatable bonds is 5. The lowest BCUT2D eigenvalue weighted by Crippen LogP contribution is -2.45. The molecule has 1 aliphatic rings. The maximum atomic E-state index is 11.9. The number of benzene rings is 1. The summed E-state index contributed by atoms with van der Waals surface area (Å²) in [7, 11) is 0. The van der Waals surface area contributed by atoms with E-state index in [2.05, 4.69) is 23.2 Å². The van der Waals surface area contributed by atoms with E-state index in [1.807, 2.05) is 26.0 Å². The van der Waals surface area contributed by atoms with Gasteiger partial charge in [0.2, 0.25) is 5.91 Å². The molecule has 0 bridgehead atoms. The zero-order chi connectivity index (χ0) is 16.3. The molecule has 1 heterocycles. The van der Waals surface area contributed by atoms with Gasteiger partial charge in [0.25, 0.3) is 0 Å². The summed E-state index contributed by atoms with van der Waals surface area (Å²) in [4.78, 5) is 14.3. The number of aryl methyl sites for hydroxylation is 1. The molecule has 0 aliphatic carbocycles. The largest absolute Gasteiger partial charge is 0.371 e. The third kappa shape index (κ3) is 4.14. The Hall–Kier alpha value is -1.26. The van der Waals surface area contributed by atoms with Crippen LogP contribution < -0.4 is 16.0 Å². The minimum absolute atomic E-state index is 0.0487. The first kappa shape index (κ1) is 17.1. The molecule has 22 heavy (non-hydrogen) atoms. The fourth-order valence-electron chi connectivity index (χ4n) is 2.81. The zero-order valence-electron chi connectivity index (χ0n) is 13.6. The van der Waals surface area contributed by atoms with Crippen LogP contribution in [0.15, 0.2) is 18.2 Å². The molecule has 0 saturated carbocycles. The summed E-state index contributed by atoms with van der Waals surface area (Å²) in [6.45, 7) is 8.65. The molecule has 5 heteroatoms. The Kier molecular flexibility index (Phi) is 5.70. The molecule has 2 rings (SSSR count). The van der Waals surface area contributed by atoms with E-state index in [-0.39, 0.29) is 11.8 Å². The molecule has 2 atom stereocenters. The van der Waals surface area contributed by atoms with Crippen molar-refractivity contribution in [2.45, 2.75) is 33.2 Å². The van der Waals surface area contributed by atoms with Crippen LogP contribution in [-0.4, -0.2) is 31.6 Å². The van der Waals surface area contributed by atoms with Crippen LogP contribution >= 0.6 is 11.6 Å². The van der Waals surface area contributed by atoms with Gasteiger partial charge < -0.3 is 16.0 Å². The van der Waals surface area contributed by atoms with Crippen LogP contribution in [0.3, 0.4) is 0 Å². The Bertz CT molecular complexity index is 533. The molecule has 1 aromatic carbocycles. The van der Waals surface area contributed by atoms with Gasteiger partial charge in [0.05, 0.1) is 6.04 Å².